The van der Waals surface area contributed by atoms with Crippen molar-refractivity contribution < 1.29 is 58.5 Å². The first-order valence-corrected chi connectivity index (χ1v) is 22.8. The molecule has 1 aromatic heterocycles. The average Bonchev–Trinajstić information content (AvgIpc) is 3.20. The lowest BCUT2D eigenvalue weighted by Gasteiger charge is -2.50. The molecule has 15 nitrogen and oxygen atoms in total. The van der Waals surface area contributed by atoms with Gasteiger partial charge in [-0.15, -0.1) is 0 Å². The van der Waals surface area contributed by atoms with Crippen molar-refractivity contribution in [1.82, 2.24) is 9.88 Å². The first-order chi connectivity index (χ1) is 28.8. The number of carbonyl (C=O) groups is 1. The molecule has 0 amide bonds. The fraction of sp³-hybridized carbons (Fsp3) is 0.844. The van der Waals surface area contributed by atoms with Crippen molar-refractivity contribution in [1.29, 1.82) is 0 Å². The van der Waals surface area contributed by atoms with Gasteiger partial charge in [0.15, 0.2) is 12.6 Å². The second-order valence-electron chi connectivity index (χ2n) is 19.1. The van der Waals surface area contributed by atoms with E-state index in [1.807, 2.05) is 53.6 Å². The molecular weight excluding hydrogens is 845 g/mol. The van der Waals surface area contributed by atoms with Crippen LogP contribution in [0.25, 0.3) is 0 Å². The smallest absolute Gasteiger partial charge is 0.185 e. The van der Waals surface area contributed by atoms with E-state index in [0.717, 1.165) is 0 Å². The van der Waals surface area contributed by atoms with Gasteiger partial charge in [0, 0.05) is 56.8 Å². The maximum atomic E-state index is 14.7. The van der Waals surface area contributed by atoms with E-state index in [1.54, 1.807) is 53.9 Å². The molecule has 2 saturated heterocycles. The van der Waals surface area contributed by atoms with E-state index >= 15 is 0 Å². The molecular formula is C45H75Cl2N3O12. The Balaban J connectivity index is 1.90. The lowest BCUT2D eigenvalue weighted by Crippen LogP contribution is -2.61. The Morgan fingerprint density at radius 1 is 0.903 bits per heavy atom. The van der Waals surface area contributed by atoms with Crippen LogP contribution < -0.4 is 0 Å². The molecule has 3 aliphatic rings. The molecule has 3 heterocycles. The van der Waals surface area contributed by atoms with Crippen molar-refractivity contribution in [3.05, 3.63) is 28.0 Å². The number of ether oxygens (including phenoxy) is 6. The van der Waals surface area contributed by atoms with E-state index in [2.05, 4.69) is 10.1 Å². The van der Waals surface area contributed by atoms with Crippen LogP contribution in [0.5, 0.6) is 0 Å². The van der Waals surface area contributed by atoms with Crippen molar-refractivity contribution in [2.24, 2.45) is 34.7 Å². The topological polar surface area (TPSA) is 191 Å². The average molecular weight is 921 g/mol. The summed E-state index contributed by atoms with van der Waals surface area (Å²) >= 11 is 12.3. The van der Waals surface area contributed by atoms with Gasteiger partial charge in [0.2, 0.25) is 0 Å². The molecule has 1 aliphatic carbocycles. The van der Waals surface area contributed by atoms with E-state index in [1.165, 1.54) is 7.11 Å². The Morgan fingerprint density at radius 3 is 2.08 bits per heavy atom. The Hall–Kier alpha value is -1.57. The van der Waals surface area contributed by atoms with E-state index in [4.69, 9.17) is 56.5 Å². The van der Waals surface area contributed by atoms with Gasteiger partial charge >= 0.3 is 0 Å². The molecule has 4 rings (SSSR count). The number of hydrogen-bond donors (Lipinski definition) is 4. The summed E-state index contributed by atoms with van der Waals surface area (Å²) in [5.74, 6) is -3.59. The summed E-state index contributed by atoms with van der Waals surface area (Å²) in [5, 5.41) is 52.3. The first-order valence-electron chi connectivity index (χ1n) is 22.0. The lowest BCUT2D eigenvalue weighted by molar-refractivity contribution is -0.318. The number of ketones is 1. The van der Waals surface area contributed by atoms with E-state index in [-0.39, 0.29) is 54.1 Å². The highest BCUT2D eigenvalue weighted by molar-refractivity contribution is 6.32. The normalized spacial score (nSPS) is 43.7. The highest BCUT2D eigenvalue weighted by Gasteiger charge is 2.53. The molecule has 0 radical (unpaired) electrons. The monoisotopic (exact) mass is 919 g/mol. The minimum atomic E-state index is -1.75. The number of nitrogens with zero attached hydrogens (tertiary/aromatic N) is 3. The Morgan fingerprint density at radius 2 is 1.52 bits per heavy atom. The zero-order valence-corrected chi connectivity index (χ0v) is 40.7. The van der Waals surface area contributed by atoms with Gasteiger partial charge in [-0.1, -0.05) is 69.4 Å². The van der Waals surface area contributed by atoms with Crippen molar-refractivity contribution in [3.8, 4) is 0 Å². The number of carbonyl (C=O) groups excluding carboxylic acids is 1. The minimum Gasteiger partial charge on any atom is -0.391 e. The van der Waals surface area contributed by atoms with Crippen LogP contribution in [0.4, 0.5) is 0 Å². The third-order valence-electron chi connectivity index (χ3n) is 14.2. The van der Waals surface area contributed by atoms with Crippen LogP contribution in [0, 0.1) is 29.6 Å². The summed E-state index contributed by atoms with van der Waals surface area (Å²) in [4.78, 5) is 26.6. The van der Waals surface area contributed by atoms with E-state index in [0.29, 0.717) is 24.1 Å². The van der Waals surface area contributed by atoms with Gasteiger partial charge in [-0.05, 0) is 85.2 Å². The van der Waals surface area contributed by atoms with Crippen LogP contribution in [-0.4, -0.2) is 148 Å². The maximum Gasteiger partial charge on any atom is 0.185 e. The van der Waals surface area contributed by atoms with Crippen LogP contribution >= 0.6 is 23.2 Å². The number of hydrogen-bond acceptors (Lipinski definition) is 15. The fourth-order valence-corrected chi connectivity index (χ4v) is 10.5. The molecule has 4 N–H and O–H groups in total. The van der Waals surface area contributed by atoms with Gasteiger partial charge in [-0.25, -0.2) is 4.98 Å². The molecule has 62 heavy (non-hydrogen) atoms. The Labute approximate surface area is 379 Å². The van der Waals surface area contributed by atoms with Gasteiger partial charge < -0.3 is 58.6 Å². The maximum absolute atomic E-state index is 14.7. The Bertz CT molecular complexity index is 1640. The number of methoxy groups -OCH3 is 2. The predicted octanol–water partition coefficient (Wildman–Crippen LogP) is 5.81. The first kappa shape index (κ1) is 53.0. The zero-order valence-electron chi connectivity index (χ0n) is 39.2. The quantitative estimate of drug-likeness (QED) is 0.154. The molecule has 18 atom stereocenters. The molecule has 0 spiro atoms. The van der Waals surface area contributed by atoms with Crippen LogP contribution in [0.15, 0.2) is 17.3 Å². The molecule has 1 aromatic rings. The second-order valence-corrected chi connectivity index (χ2v) is 19.9. The minimum absolute atomic E-state index is 0.0200. The number of pyridine rings is 1. The number of Topliss-reactive ketones (excluding diaryl/α,β-unsaturated/α-hetero) is 1. The number of aromatic nitrogens is 1. The summed E-state index contributed by atoms with van der Waals surface area (Å²) in [5.41, 5.74) is -2.93. The highest BCUT2D eigenvalue weighted by atomic mass is 35.5. The van der Waals surface area contributed by atoms with Crippen LogP contribution in [0.1, 0.15) is 107 Å². The van der Waals surface area contributed by atoms with Gasteiger partial charge in [0.25, 0.3) is 0 Å². The zero-order chi connectivity index (χ0) is 46.6. The fourth-order valence-electron chi connectivity index (χ4n) is 9.98. The summed E-state index contributed by atoms with van der Waals surface area (Å²) in [6, 6.07) is 2.94. The number of oxime groups is 1. The lowest BCUT2D eigenvalue weighted by atomic mass is 9.69. The molecule has 0 bridgehead atoms. The second kappa shape index (κ2) is 21.8. The highest BCUT2D eigenvalue weighted by Crippen LogP contribution is 2.43. The molecule has 0 unspecified atom stereocenters. The summed E-state index contributed by atoms with van der Waals surface area (Å²) in [6.45, 7) is 18.2. The van der Waals surface area contributed by atoms with Crippen molar-refractivity contribution >= 4 is 34.7 Å². The van der Waals surface area contributed by atoms with Crippen molar-refractivity contribution in [3.63, 3.8) is 0 Å². The van der Waals surface area contributed by atoms with E-state index < -0.39 is 95.6 Å². The van der Waals surface area contributed by atoms with Crippen LogP contribution in [0.3, 0.4) is 0 Å². The number of likely N-dealkylation sites (N-methyl/N-ethyl adjacent to an activating group) is 1. The van der Waals surface area contributed by atoms with Gasteiger partial charge in [-0.3, -0.25) is 4.79 Å². The van der Waals surface area contributed by atoms with Crippen LogP contribution in [-0.2, 0) is 44.7 Å². The molecule has 17 heteroatoms. The number of aliphatic hydroxyl groups is 4. The SMILES string of the molecule is CC[C@H]1CC(=O)[C@H](C)[C@@H](O[C@H]2C[C@@](C)(OC)[C@@H](O)[C@H](C)O2)[C@H](C)[C@@H](O[C@@H]2O[C@H](C)C[C@H](N(C)C)[C@H]2O)[C@](C)(OC)C[C@@H](C)/C(=N\OCc2cc(Cl)nc(Cl)c2)[C@H](C)[C@@H](O)[C@]1(C)O. The molecule has 0 aromatic carbocycles. The van der Waals surface area contributed by atoms with Crippen LogP contribution in [0.2, 0.25) is 10.3 Å². The molecule has 1 saturated carbocycles. The van der Waals surface area contributed by atoms with Gasteiger partial charge in [0.1, 0.15) is 34.9 Å². The van der Waals surface area contributed by atoms with Crippen molar-refractivity contribution in [2.45, 2.75) is 186 Å². The largest absolute Gasteiger partial charge is 0.391 e. The van der Waals surface area contributed by atoms with Crippen molar-refractivity contribution in [2.75, 3.05) is 28.3 Å². The van der Waals surface area contributed by atoms with Gasteiger partial charge in [0.05, 0.1) is 53.0 Å². The third-order valence-corrected chi connectivity index (χ3v) is 14.5. The summed E-state index contributed by atoms with van der Waals surface area (Å²) in [7, 11) is 6.90. The number of halogens is 2. The summed E-state index contributed by atoms with van der Waals surface area (Å²) in [6.07, 6.45) is -6.88. The molecule has 3 fully saturated rings. The summed E-state index contributed by atoms with van der Waals surface area (Å²) < 4.78 is 38.9. The number of aliphatic hydroxyl groups excluding tert-OH is 3. The standard InChI is InChI=1S/C45H75Cl2N3O12/c1-15-30-19-32(51)25(4)38(61-35-21-43(8,56-13)40(54)28(7)60-35)27(6)41(62-42-37(52)31(50(11)12)16-24(3)59-42)44(9,57-14)20-23(2)36(26(5)39(53)45(30,10)55)49-58-22-29-17-33(46)48-34(47)18-29/h17-18,23-28,30-31,35,37-42,52-55H,15-16,19-22H2,1-14H3/b49-36+/t23-,24-,25+,26+,27+,28+,30+,31+,35+,37-,38-,39-,40+,41-,42+,43-,44-,45-/m1/s1. The molecule has 356 valence electrons. The predicted molar refractivity (Wildman–Crippen MR) is 236 cm³/mol. The third kappa shape index (κ3) is 12.1. The van der Waals surface area contributed by atoms with E-state index in [9.17, 15) is 25.2 Å². The number of rotatable bonds is 11. The Kier molecular flexibility index (Phi) is 18.7. The van der Waals surface area contributed by atoms with Gasteiger partial charge in [-0.2, -0.15) is 0 Å². The molecule has 2 aliphatic heterocycles.